The first-order valence-corrected chi connectivity index (χ1v) is 15.3. The van der Waals surface area contributed by atoms with Gasteiger partial charge in [-0.1, -0.05) is 37.6 Å². The Morgan fingerprint density at radius 1 is 1.04 bits per heavy atom. The number of rotatable bonds is 11. The molecule has 2 aromatic rings. The predicted molar refractivity (Wildman–Crippen MR) is 167 cm³/mol. The lowest BCUT2D eigenvalue weighted by Gasteiger charge is -2.34. The molecule has 1 fully saturated rings. The number of para-hydroxylation sites is 1. The number of amides is 2. The molecule has 0 spiro atoms. The van der Waals surface area contributed by atoms with Crippen LogP contribution in [0.2, 0.25) is 5.02 Å². The minimum Gasteiger partial charge on any atom is -0.493 e. The molecule has 2 aromatic carbocycles. The number of ether oxygens (including phenoxy) is 4. The van der Waals surface area contributed by atoms with Gasteiger partial charge in [-0.25, -0.2) is 0 Å². The van der Waals surface area contributed by atoms with E-state index < -0.39 is 35.5 Å². The van der Waals surface area contributed by atoms with Gasteiger partial charge in [-0.15, -0.1) is 0 Å². The second-order valence-corrected chi connectivity index (χ2v) is 12.7. The third-order valence-corrected chi connectivity index (χ3v) is 8.40. The number of likely N-dealkylation sites (tertiary alicyclic amines) is 1. The Labute approximate surface area is 268 Å². The van der Waals surface area contributed by atoms with Crippen molar-refractivity contribution in [1.82, 2.24) is 4.90 Å². The van der Waals surface area contributed by atoms with E-state index >= 15 is 0 Å². The van der Waals surface area contributed by atoms with Gasteiger partial charge in [0.1, 0.15) is 12.2 Å². The number of esters is 1. The molecule has 4 rings (SSSR count). The van der Waals surface area contributed by atoms with Gasteiger partial charge in [0.2, 0.25) is 5.91 Å². The molecule has 2 atom stereocenters. The number of anilines is 1. The van der Waals surface area contributed by atoms with Crippen molar-refractivity contribution in [2.45, 2.75) is 58.7 Å². The zero-order chi connectivity index (χ0) is 32.9. The van der Waals surface area contributed by atoms with Gasteiger partial charge in [-0.05, 0) is 43.0 Å². The third kappa shape index (κ3) is 8.26. The standard InChI is InChI=1S/C33H41ClN2O9/c1-20(37)44-19-33(2,3)18-36-25-10-9-22(34)16-24(25)30(23-7-6-8-26(42-4)31(23)43-5)45-27(32(36)41)17-28(38)35-13-11-21(12-14-35)15-29(39)40/h6-10,16,21,27,30H,11-15,17-19H2,1-5H3,(H,39,40)/t27-,30-/m1/s1. The lowest BCUT2D eigenvalue weighted by molar-refractivity contribution is -0.145. The average Bonchev–Trinajstić information content (AvgIpc) is 3.09. The highest BCUT2D eigenvalue weighted by Crippen LogP contribution is 2.45. The van der Waals surface area contributed by atoms with Crippen molar-refractivity contribution >= 4 is 41.0 Å². The van der Waals surface area contributed by atoms with E-state index in [1.807, 2.05) is 19.9 Å². The van der Waals surface area contributed by atoms with E-state index in [-0.39, 0.29) is 37.8 Å². The van der Waals surface area contributed by atoms with Crippen LogP contribution in [0.4, 0.5) is 5.69 Å². The Balaban J connectivity index is 1.75. The van der Waals surface area contributed by atoms with E-state index in [9.17, 15) is 24.3 Å². The number of carboxylic acid groups (broad SMARTS) is 1. The molecule has 0 radical (unpaired) electrons. The molecule has 12 heteroatoms. The quantitative estimate of drug-likeness (QED) is 0.340. The molecular formula is C33H41ClN2O9. The Kier molecular flexibility index (Phi) is 11.0. The second-order valence-electron chi connectivity index (χ2n) is 12.3. The van der Waals surface area contributed by atoms with E-state index in [0.29, 0.717) is 59.3 Å². The first kappa shape index (κ1) is 34.1. The largest absolute Gasteiger partial charge is 0.493 e. The van der Waals surface area contributed by atoms with Crippen LogP contribution in [0.25, 0.3) is 0 Å². The Morgan fingerprint density at radius 2 is 1.76 bits per heavy atom. The minimum absolute atomic E-state index is 0.00131. The zero-order valence-corrected chi connectivity index (χ0v) is 27.1. The highest BCUT2D eigenvalue weighted by atomic mass is 35.5. The number of hydrogen-bond donors (Lipinski definition) is 1. The summed E-state index contributed by atoms with van der Waals surface area (Å²) in [5.41, 5.74) is 1.06. The van der Waals surface area contributed by atoms with Gasteiger partial charge in [-0.2, -0.15) is 0 Å². The predicted octanol–water partition coefficient (Wildman–Crippen LogP) is 4.87. The normalized spacial score (nSPS) is 19.0. The number of carbonyl (C=O) groups is 4. The number of nitrogens with zero attached hydrogens (tertiary/aromatic N) is 2. The van der Waals surface area contributed by atoms with Gasteiger partial charge in [0, 0.05) is 60.2 Å². The smallest absolute Gasteiger partial charge is 0.303 e. The number of carboxylic acids is 1. The lowest BCUT2D eigenvalue weighted by atomic mass is 9.92. The molecule has 11 nitrogen and oxygen atoms in total. The molecule has 45 heavy (non-hydrogen) atoms. The van der Waals surface area contributed by atoms with E-state index in [4.69, 9.17) is 30.5 Å². The number of methoxy groups -OCH3 is 2. The molecular weight excluding hydrogens is 604 g/mol. The van der Waals surface area contributed by atoms with Gasteiger partial charge in [0.25, 0.3) is 5.91 Å². The third-order valence-electron chi connectivity index (χ3n) is 8.16. The van der Waals surface area contributed by atoms with Gasteiger partial charge in [0.05, 0.1) is 27.2 Å². The van der Waals surface area contributed by atoms with Crippen LogP contribution in [0, 0.1) is 11.3 Å². The monoisotopic (exact) mass is 644 g/mol. The molecule has 0 saturated carbocycles. The summed E-state index contributed by atoms with van der Waals surface area (Å²) < 4.78 is 23.2. The molecule has 0 unspecified atom stereocenters. The van der Waals surface area contributed by atoms with Crippen LogP contribution >= 0.6 is 11.6 Å². The van der Waals surface area contributed by atoms with Crippen LogP contribution in [-0.4, -0.2) is 80.3 Å². The first-order valence-electron chi connectivity index (χ1n) is 14.9. The van der Waals surface area contributed by atoms with Gasteiger partial charge < -0.3 is 33.9 Å². The van der Waals surface area contributed by atoms with Crippen molar-refractivity contribution in [3.63, 3.8) is 0 Å². The maximum Gasteiger partial charge on any atom is 0.303 e. The molecule has 0 bridgehead atoms. The number of benzene rings is 2. The summed E-state index contributed by atoms with van der Waals surface area (Å²) in [6.45, 7) is 6.13. The average molecular weight is 645 g/mol. The van der Waals surface area contributed by atoms with Crippen molar-refractivity contribution in [2.75, 3.05) is 45.4 Å². The van der Waals surface area contributed by atoms with E-state index in [0.717, 1.165) is 0 Å². The van der Waals surface area contributed by atoms with Crippen molar-refractivity contribution < 1.29 is 43.2 Å². The molecule has 2 aliphatic rings. The second kappa shape index (κ2) is 14.5. The first-order chi connectivity index (χ1) is 21.3. The summed E-state index contributed by atoms with van der Waals surface area (Å²) in [7, 11) is 3.04. The molecule has 2 heterocycles. The van der Waals surface area contributed by atoms with E-state index in [1.165, 1.54) is 21.1 Å². The van der Waals surface area contributed by atoms with Crippen molar-refractivity contribution in [3.8, 4) is 11.5 Å². The van der Waals surface area contributed by atoms with E-state index in [1.54, 1.807) is 40.1 Å². The molecule has 2 aliphatic heterocycles. The van der Waals surface area contributed by atoms with Crippen LogP contribution in [-0.2, 0) is 28.7 Å². The van der Waals surface area contributed by atoms with Crippen LogP contribution in [0.5, 0.6) is 11.5 Å². The Hall–Kier alpha value is -3.83. The van der Waals surface area contributed by atoms with E-state index in [2.05, 4.69) is 0 Å². The topological polar surface area (TPSA) is 132 Å². The Bertz CT molecular complexity index is 1420. The molecule has 244 valence electrons. The van der Waals surface area contributed by atoms with Gasteiger partial charge >= 0.3 is 11.9 Å². The highest BCUT2D eigenvalue weighted by molar-refractivity contribution is 6.30. The summed E-state index contributed by atoms with van der Waals surface area (Å²) in [5.74, 6) is -1.09. The van der Waals surface area contributed by atoms with Gasteiger partial charge in [-0.3, -0.25) is 19.2 Å². The molecule has 1 N–H and O–H groups in total. The number of halogens is 1. The molecule has 0 aromatic heterocycles. The summed E-state index contributed by atoms with van der Waals surface area (Å²) in [5, 5.41) is 9.60. The van der Waals surface area contributed by atoms with Crippen LogP contribution < -0.4 is 14.4 Å². The molecule has 0 aliphatic carbocycles. The summed E-state index contributed by atoms with van der Waals surface area (Å²) in [6, 6.07) is 10.5. The fourth-order valence-corrected chi connectivity index (χ4v) is 6.10. The Morgan fingerprint density at radius 3 is 2.38 bits per heavy atom. The van der Waals surface area contributed by atoms with Crippen molar-refractivity contribution in [3.05, 3.63) is 52.5 Å². The van der Waals surface area contributed by atoms with Gasteiger partial charge in [0.15, 0.2) is 11.5 Å². The van der Waals surface area contributed by atoms with Crippen LogP contribution in [0.3, 0.4) is 0 Å². The fraction of sp³-hybridized carbons (Fsp3) is 0.515. The highest BCUT2D eigenvalue weighted by Gasteiger charge is 2.41. The summed E-state index contributed by atoms with van der Waals surface area (Å²) >= 11 is 6.51. The minimum atomic E-state index is -1.19. The number of fused-ring (bicyclic) bond motifs is 1. The zero-order valence-electron chi connectivity index (χ0n) is 26.3. The number of hydrogen-bond acceptors (Lipinski definition) is 8. The summed E-state index contributed by atoms with van der Waals surface area (Å²) in [4.78, 5) is 54.1. The SMILES string of the molecule is COc1cccc([C@H]2O[C@H](CC(=O)N3CCC(CC(=O)O)CC3)C(=O)N(CC(C)(C)COC(C)=O)c3ccc(Cl)cc32)c1OC. The fourth-order valence-electron chi connectivity index (χ4n) is 5.92. The maximum atomic E-state index is 14.4. The lowest BCUT2D eigenvalue weighted by Crippen LogP contribution is -2.48. The maximum absolute atomic E-state index is 14.4. The van der Waals surface area contributed by atoms with Crippen LogP contribution in [0.15, 0.2) is 36.4 Å². The molecule has 1 saturated heterocycles. The van der Waals surface area contributed by atoms with Crippen molar-refractivity contribution in [1.29, 1.82) is 0 Å². The summed E-state index contributed by atoms with van der Waals surface area (Å²) in [6.07, 6.45) is -1.08. The number of carbonyl (C=O) groups excluding carboxylic acids is 3. The number of aliphatic carboxylic acids is 1. The van der Waals surface area contributed by atoms with Crippen LogP contribution in [0.1, 0.15) is 63.7 Å². The number of piperidine rings is 1. The molecule has 2 amide bonds. The van der Waals surface area contributed by atoms with Crippen molar-refractivity contribution in [2.24, 2.45) is 11.3 Å².